The minimum absolute atomic E-state index is 0.164. The van der Waals surface area contributed by atoms with Crippen molar-refractivity contribution in [1.29, 1.82) is 0 Å². The van der Waals surface area contributed by atoms with Gasteiger partial charge in [-0.15, -0.1) is 0 Å². The van der Waals surface area contributed by atoms with Gasteiger partial charge in [-0.25, -0.2) is 0 Å². The molecule has 0 saturated carbocycles. The van der Waals surface area contributed by atoms with Crippen molar-refractivity contribution >= 4 is 23.0 Å². The summed E-state index contributed by atoms with van der Waals surface area (Å²) in [6, 6.07) is 23.4. The molecule has 1 amide bonds. The number of amides is 1. The molecular weight excluding hydrogens is 376 g/mol. The van der Waals surface area contributed by atoms with E-state index in [4.69, 9.17) is 4.52 Å². The van der Waals surface area contributed by atoms with E-state index < -0.39 is 0 Å². The molecule has 1 N–H and O–H groups in total. The van der Waals surface area contributed by atoms with Gasteiger partial charge in [0.2, 0.25) is 0 Å². The first-order chi connectivity index (χ1) is 14.7. The zero-order valence-electron chi connectivity index (χ0n) is 16.5. The van der Waals surface area contributed by atoms with Gasteiger partial charge in [0.25, 0.3) is 11.8 Å². The highest BCUT2D eigenvalue weighted by atomic mass is 16.5. The van der Waals surface area contributed by atoms with Crippen molar-refractivity contribution in [2.75, 3.05) is 16.8 Å². The highest BCUT2D eigenvalue weighted by Crippen LogP contribution is 2.38. The SMILES string of the molecule is Cc1noc(-c2ccc(C(=O)Nc3ccccc3N3CCc4ccccc43)cc2)n1. The highest BCUT2D eigenvalue weighted by Gasteiger charge is 2.22. The molecule has 0 radical (unpaired) electrons. The van der Waals surface area contributed by atoms with E-state index in [0.29, 0.717) is 17.3 Å². The van der Waals surface area contributed by atoms with Crippen LogP contribution < -0.4 is 10.2 Å². The molecule has 6 nitrogen and oxygen atoms in total. The molecule has 6 heteroatoms. The number of para-hydroxylation sites is 3. The maximum Gasteiger partial charge on any atom is 0.257 e. The van der Waals surface area contributed by atoms with Crippen LogP contribution in [0.2, 0.25) is 0 Å². The fraction of sp³-hybridized carbons (Fsp3) is 0.125. The molecule has 3 aromatic carbocycles. The van der Waals surface area contributed by atoms with Gasteiger partial charge >= 0.3 is 0 Å². The van der Waals surface area contributed by atoms with Gasteiger partial charge in [-0.05, 0) is 61.4 Å². The van der Waals surface area contributed by atoms with Crippen LogP contribution in [0.5, 0.6) is 0 Å². The fourth-order valence-corrected chi connectivity index (χ4v) is 3.78. The lowest BCUT2D eigenvalue weighted by molar-refractivity contribution is 0.102. The topological polar surface area (TPSA) is 71.3 Å². The predicted molar refractivity (Wildman–Crippen MR) is 116 cm³/mol. The van der Waals surface area contributed by atoms with Gasteiger partial charge in [0.15, 0.2) is 5.82 Å². The van der Waals surface area contributed by atoms with E-state index in [-0.39, 0.29) is 5.91 Å². The van der Waals surface area contributed by atoms with Crippen molar-refractivity contribution in [3.63, 3.8) is 0 Å². The summed E-state index contributed by atoms with van der Waals surface area (Å²) in [5.41, 5.74) is 5.64. The molecule has 0 atom stereocenters. The van der Waals surface area contributed by atoms with Gasteiger partial charge in [-0.2, -0.15) is 4.98 Å². The monoisotopic (exact) mass is 396 g/mol. The molecule has 0 unspecified atom stereocenters. The van der Waals surface area contributed by atoms with Gasteiger partial charge in [0.1, 0.15) is 0 Å². The lowest BCUT2D eigenvalue weighted by Crippen LogP contribution is -2.18. The molecule has 0 saturated heterocycles. The van der Waals surface area contributed by atoms with Crippen molar-refractivity contribution in [1.82, 2.24) is 10.1 Å². The lowest BCUT2D eigenvalue weighted by Gasteiger charge is -2.23. The first kappa shape index (κ1) is 18.1. The second kappa shape index (κ2) is 7.48. The molecular formula is C24H20N4O2. The van der Waals surface area contributed by atoms with Crippen molar-refractivity contribution in [3.05, 3.63) is 89.7 Å². The van der Waals surface area contributed by atoms with Crippen LogP contribution in [0.1, 0.15) is 21.7 Å². The van der Waals surface area contributed by atoms with E-state index in [9.17, 15) is 4.79 Å². The van der Waals surface area contributed by atoms with E-state index in [1.54, 1.807) is 19.1 Å². The summed E-state index contributed by atoms with van der Waals surface area (Å²) in [6.07, 6.45) is 0.995. The van der Waals surface area contributed by atoms with Crippen molar-refractivity contribution in [2.24, 2.45) is 0 Å². The maximum absolute atomic E-state index is 12.9. The Kier molecular flexibility index (Phi) is 4.52. The second-order valence-electron chi connectivity index (χ2n) is 7.23. The van der Waals surface area contributed by atoms with E-state index in [1.807, 2.05) is 42.5 Å². The van der Waals surface area contributed by atoms with E-state index in [2.05, 4.69) is 38.6 Å². The van der Waals surface area contributed by atoms with Crippen LogP contribution >= 0.6 is 0 Å². The van der Waals surface area contributed by atoms with Gasteiger partial charge in [-0.1, -0.05) is 35.5 Å². The Morgan fingerprint density at radius 1 is 0.967 bits per heavy atom. The molecule has 1 aliphatic heterocycles. The minimum Gasteiger partial charge on any atom is -0.339 e. The summed E-state index contributed by atoms with van der Waals surface area (Å²) in [5.74, 6) is 0.854. The molecule has 0 fully saturated rings. The maximum atomic E-state index is 12.9. The van der Waals surface area contributed by atoms with Crippen LogP contribution in [0.25, 0.3) is 11.5 Å². The third-order valence-corrected chi connectivity index (χ3v) is 5.25. The number of aryl methyl sites for hydroxylation is 1. The van der Waals surface area contributed by atoms with Crippen LogP contribution in [0.3, 0.4) is 0 Å². The second-order valence-corrected chi connectivity index (χ2v) is 7.23. The third kappa shape index (κ3) is 3.33. The number of nitrogens with one attached hydrogen (secondary N) is 1. The number of anilines is 3. The number of hydrogen-bond donors (Lipinski definition) is 1. The van der Waals surface area contributed by atoms with Gasteiger partial charge in [0, 0.05) is 23.4 Å². The Hall–Kier alpha value is -3.93. The Labute approximate surface area is 174 Å². The molecule has 0 aliphatic carbocycles. The molecule has 30 heavy (non-hydrogen) atoms. The molecule has 0 spiro atoms. The summed E-state index contributed by atoms with van der Waals surface area (Å²) in [7, 11) is 0. The molecule has 2 heterocycles. The van der Waals surface area contributed by atoms with Gasteiger partial charge < -0.3 is 14.7 Å². The molecule has 5 rings (SSSR count). The van der Waals surface area contributed by atoms with Crippen LogP contribution in [-0.4, -0.2) is 22.6 Å². The third-order valence-electron chi connectivity index (χ3n) is 5.25. The Balaban J connectivity index is 1.38. The van der Waals surface area contributed by atoms with Crippen LogP contribution in [0, 0.1) is 6.92 Å². The zero-order valence-corrected chi connectivity index (χ0v) is 16.5. The summed E-state index contributed by atoms with van der Waals surface area (Å²) < 4.78 is 5.18. The lowest BCUT2D eigenvalue weighted by atomic mass is 10.1. The van der Waals surface area contributed by atoms with Crippen LogP contribution in [0.15, 0.2) is 77.3 Å². The Morgan fingerprint density at radius 2 is 1.70 bits per heavy atom. The molecule has 148 valence electrons. The average Bonchev–Trinajstić information content (AvgIpc) is 3.41. The first-order valence-electron chi connectivity index (χ1n) is 9.85. The van der Waals surface area contributed by atoms with E-state index >= 15 is 0 Å². The quantitative estimate of drug-likeness (QED) is 0.526. The van der Waals surface area contributed by atoms with Crippen LogP contribution in [-0.2, 0) is 6.42 Å². The average molecular weight is 396 g/mol. The normalized spacial score (nSPS) is 12.6. The number of hydrogen-bond acceptors (Lipinski definition) is 5. The minimum atomic E-state index is -0.164. The highest BCUT2D eigenvalue weighted by molar-refractivity contribution is 6.06. The number of aromatic nitrogens is 2. The van der Waals surface area contributed by atoms with Crippen molar-refractivity contribution in [3.8, 4) is 11.5 Å². The fourth-order valence-electron chi connectivity index (χ4n) is 3.78. The molecule has 4 aromatic rings. The standard InChI is InChI=1S/C24H20N4O2/c1-16-25-24(30-27-16)19-12-10-18(11-13-19)23(29)26-20-7-3-5-9-22(20)28-15-14-17-6-2-4-8-21(17)28/h2-13H,14-15H2,1H3,(H,26,29). The number of fused-ring (bicyclic) bond motifs is 1. The van der Waals surface area contributed by atoms with Gasteiger partial charge in [-0.3, -0.25) is 4.79 Å². The molecule has 1 aromatic heterocycles. The number of carbonyl (C=O) groups excluding carboxylic acids is 1. The van der Waals surface area contributed by atoms with Crippen molar-refractivity contribution < 1.29 is 9.32 Å². The van der Waals surface area contributed by atoms with Gasteiger partial charge in [0.05, 0.1) is 11.4 Å². The largest absolute Gasteiger partial charge is 0.339 e. The van der Waals surface area contributed by atoms with E-state index in [0.717, 1.165) is 29.9 Å². The predicted octanol–water partition coefficient (Wildman–Crippen LogP) is 4.99. The number of nitrogens with zero attached hydrogens (tertiary/aromatic N) is 3. The summed E-state index contributed by atoms with van der Waals surface area (Å²) >= 11 is 0. The summed E-state index contributed by atoms with van der Waals surface area (Å²) in [4.78, 5) is 19.4. The van der Waals surface area contributed by atoms with Crippen molar-refractivity contribution in [2.45, 2.75) is 13.3 Å². The van der Waals surface area contributed by atoms with E-state index in [1.165, 1.54) is 11.3 Å². The first-order valence-corrected chi connectivity index (χ1v) is 9.85. The Morgan fingerprint density at radius 3 is 2.47 bits per heavy atom. The summed E-state index contributed by atoms with van der Waals surface area (Å²) in [6.45, 7) is 2.66. The zero-order chi connectivity index (χ0) is 20.5. The van der Waals surface area contributed by atoms with Crippen LogP contribution in [0.4, 0.5) is 17.1 Å². The molecule has 0 bridgehead atoms. The number of benzene rings is 3. The summed E-state index contributed by atoms with van der Waals surface area (Å²) in [5, 5.41) is 6.87. The molecule has 1 aliphatic rings. The Bertz CT molecular complexity index is 1210. The number of rotatable bonds is 4. The number of carbonyl (C=O) groups is 1. The smallest absolute Gasteiger partial charge is 0.257 e.